The molecule has 0 saturated carbocycles. The second-order valence-corrected chi connectivity index (χ2v) is 18.5. The van der Waals surface area contributed by atoms with Gasteiger partial charge in [-0.05, 0) is 122 Å². The van der Waals surface area contributed by atoms with E-state index >= 15 is 0 Å². The van der Waals surface area contributed by atoms with E-state index in [1.165, 1.54) is 57.8 Å². The summed E-state index contributed by atoms with van der Waals surface area (Å²) >= 11 is 0. The third-order valence-electron chi connectivity index (χ3n) is 11.7. The molecule has 392 valence electrons. The summed E-state index contributed by atoms with van der Waals surface area (Å²) in [4.78, 5) is 38.1. The summed E-state index contributed by atoms with van der Waals surface area (Å²) in [6.45, 7) is 6.40. The van der Waals surface area contributed by atoms with Crippen LogP contribution < -0.4 is 0 Å². The van der Waals surface area contributed by atoms with Crippen LogP contribution in [0.3, 0.4) is 0 Å². The zero-order chi connectivity index (χ0) is 50.0. The van der Waals surface area contributed by atoms with Gasteiger partial charge in [-0.15, -0.1) is 0 Å². The number of hydrogen-bond donors (Lipinski definition) is 0. The zero-order valence-corrected chi connectivity index (χ0v) is 44.8. The van der Waals surface area contributed by atoms with Crippen LogP contribution in [0.25, 0.3) is 0 Å². The van der Waals surface area contributed by atoms with E-state index in [1.54, 1.807) is 0 Å². The Morgan fingerprint density at radius 2 is 0.594 bits per heavy atom. The Labute approximate surface area is 425 Å². The van der Waals surface area contributed by atoms with Gasteiger partial charge in [-0.1, -0.05) is 220 Å². The molecule has 0 aromatic heterocycles. The molecule has 0 N–H and O–H groups in total. The Balaban J connectivity index is 4.45. The number of allylic oxidation sites excluding steroid dienone is 18. The van der Waals surface area contributed by atoms with Gasteiger partial charge in [0.1, 0.15) is 13.2 Å². The summed E-state index contributed by atoms with van der Waals surface area (Å²) in [5.74, 6) is -0.937. The molecule has 1 atom stereocenters. The van der Waals surface area contributed by atoms with Crippen LogP contribution in [0.1, 0.15) is 252 Å². The van der Waals surface area contributed by atoms with Gasteiger partial charge in [0, 0.05) is 19.3 Å². The van der Waals surface area contributed by atoms with Gasteiger partial charge < -0.3 is 14.2 Å². The minimum atomic E-state index is -0.800. The van der Waals surface area contributed by atoms with Crippen LogP contribution in [0, 0.1) is 0 Å². The molecule has 0 bridgehead atoms. The van der Waals surface area contributed by atoms with E-state index in [4.69, 9.17) is 14.2 Å². The first kappa shape index (κ1) is 65.1. The van der Waals surface area contributed by atoms with Crippen molar-refractivity contribution in [3.05, 3.63) is 109 Å². The topological polar surface area (TPSA) is 78.9 Å². The van der Waals surface area contributed by atoms with Crippen LogP contribution in [0.2, 0.25) is 0 Å². The van der Waals surface area contributed by atoms with Gasteiger partial charge in [0.2, 0.25) is 0 Å². The highest BCUT2D eigenvalue weighted by Crippen LogP contribution is 2.14. The van der Waals surface area contributed by atoms with Gasteiger partial charge >= 0.3 is 17.9 Å². The van der Waals surface area contributed by atoms with Gasteiger partial charge in [-0.3, -0.25) is 14.4 Å². The van der Waals surface area contributed by atoms with Gasteiger partial charge in [-0.2, -0.15) is 0 Å². The predicted molar refractivity (Wildman–Crippen MR) is 297 cm³/mol. The SMILES string of the molecule is CC/C=C\C/C=C\C/C=C\C/C=C\CCCCCCCCC(=O)OCC(COC(=O)CCCCCCC/C=C\C/C=C\CCC)OC(=O)CCCCCCCC/C=C\C/C=C\C/C=C\CCCCC. The molecule has 0 amide bonds. The Morgan fingerprint density at radius 3 is 0.942 bits per heavy atom. The first-order valence-corrected chi connectivity index (χ1v) is 28.4. The van der Waals surface area contributed by atoms with E-state index < -0.39 is 6.10 Å². The molecular formula is C63H104O6. The number of carbonyl (C=O) groups excluding carboxylic acids is 3. The van der Waals surface area contributed by atoms with Crippen molar-refractivity contribution in [2.24, 2.45) is 0 Å². The van der Waals surface area contributed by atoms with E-state index in [9.17, 15) is 14.4 Å². The molecule has 0 radical (unpaired) electrons. The Hall–Kier alpha value is -3.93. The van der Waals surface area contributed by atoms with Gasteiger partial charge in [-0.25, -0.2) is 0 Å². The highest BCUT2D eigenvalue weighted by molar-refractivity contribution is 5.71. The standard InChI is InChI=1S/C63H104O6/c1-4-7-10-13-16-19-22-25-27-29-31-33-35-38-41-44-47-50-53-56-62(65)68-59-60(58-67-61(64)55-52-49-46-43-40-37-24-21-18-15-12-9-6-3)69-63(66)57-54-51-48-45-42-39-36-34-32-30-28-26-23-20-17-14-11-8-5-2/h7,10,12,15-17,19-21,24-28,31-34,60H,4-6,8-9,11,13-14,18,22-23,29-30,35-59H2,1-3H3/b10-7-,15-12-,19-16-,20-17-,24-21-,27-25-,28-26-,33-31-,34-32-. The summed E-state index contributed by atoms with van der Waals surface area (Å²) in [5, 5.41) is 0. The maximum Gasteiger partial charge on any atom is 0.306 e. The predicted octanol–water partition coefficient (Wildman–Crippen LogP) is 19.1. The lowest BCUT2D eigenvalue weighted by molar-refractivity contribution is -0.167. The van der Waals surface area contributed by atoms with Crippen molar-refractivity contribution in [3.63, 3.8) is 0 Å². The summed E-state index contributed by atoms with van der Waals surface area (Å²) in [6, 6.07) is 0. The molecule has 0 heterocycles. The number of hydrogen-bond acceptors (Lipinski definition) is 6. The van der Waals surface area contributed by atoms with Crippen molar-refractivity contribution in [2.45, 2.75) is 258 Å². The molecule has 1 unspecified atom stereocenters. The lowest BCUT2D eigenvalue weighted by Crippen LogP contribution is -2.30. The summed E-state index contributed by atoms with van der Waals surface area (Å²) in [6.07, 6.45) is 76.4. The largest absolute Gasteiger partial charge is 0.462 e. The monoisotopic (exact) mass is 957 g/mol. The third-order valence-corrected chi connectivity index (χ3v) is 11.7. The molecule has 0 aliphatic heterocycles. The highest BCUT2D eigenvalue weighted by atomic mass is 16.6. The smallest absolute Gasteiger partial charge is 0.306 e. The molecule has 0 aliphatic carbocycles. The van der Waals surface area contributed by atoms with Crippen LogP contribution in [0.4, 0.5) is 0 Å². The minimum absolute atomic E-state index is 0.0972. The number of ether oxygens (including phenoxy) is 3. The summed E-state index contributed by atoms with van der Waals surface area (Å²) in [5.41, 5.74) is 0. The van der Waals surface area contributed by atoms with Crippen molar-refractivity contribution < 1.29 is 28.6 Å². The molecular weight excluding hydrogens is 853 g/mol. The fraction of sp³-hybridized carbons (Fsp3) is 0.667. The summed E-state index contributed by atoms with van der Waals surface area (Å²) in [7, 11) is 0. The normalized spacial score (nSPS) is 12.9. The Kier molecular flexibility index (Phi) is 53.4. The van der Waals surface area contributed by atoms with Crippen LogP contribution >= 0.6 is 0 Å². The van der Waals surface area contributed by atoms with E-state index in [0.717, 1.165) is 154 Å². The van der Waals surface area contributed by atoms with Crippen LogP contribution in [-0.4, -0.2) is 37.2 Å². The van der Waals surface area contributed by atoms with Crippen LogP contribution in [-0.2, 0) is 28.6 Å². The van der Waals surface area contributed by atoms with E-state index in [0.29, 0.717) is 19.3 Å². The Bertz CT molecular complexity index is 1420. The van der Waals surface area contributed by atoms with Gasteiger partial charge in [0.25, 0.3) is 0 Å². The second-order valence-electron chi connectivity index (χ2n) is 18.5. The number of rotatable bonds is 50. The first-order chi connectivity index (χ1) is 34.0. The molecule has 0 aromatic carbocycles. The maximum atomic E-state index is 12.9. The fourth-order valence-electron chi connectivity index (χ4n) is 7.48. The van der Waals surface area contributed by atoms with Gasteiger partial charge in [0.15, 0.2) is 6.10 Å². The Morgan fingerprint density at radius 1 is 0.304 bits per heavy atom. The molecule has 0 rings (SSSR count). The van der Waals surface area contributed by atoms with Crippen LogP contribution in [0.15, 0.2) is 109 Å². The van der Waals surface area contributed by atoms with Crippen molar-refractivity contribution >= 4 is 17.9 Å². The number of carbonyl (C=O) groups is 3. The lowest BCUT2D eigenvalue weighted by Gasteiger charge is -2.18. The molecule has 0 aromatic rings. The van der Waals surface area contributed by atoms with Crippen molar-refractivity contribution in [1.82, 2.24) is 0 Å². The molecule has 6 heteroatoms. The quantitative estimate of drug-likeness (QED) is 0.0262. The van der Waals surface area contributed by atoms with Crippen LogP contribution in [0.5, 0.6) is 0 Å². The average Bonchev–Trinajstić information content (AvgIpc) is 3.35. The zero-order valence-electron chi connectivity index (χ0n) is 44.8. The van der Waals surface area contributed by atoms with E-state index in [-0.39, 0.29) is 31.1 Å². The molecule has 0 saturated heterocycles. The molecule has 0 aliphatic rings. The first-order valence-electron chi connectivity index (χ1n) is 28.4. The lowest BCUT2D eigenvalue weighted by atomic mass is 10.1. The number of unbranched alkanes of at least 4 members (excludes halogenated alkanes) is 21. The van der Waals surface area contributed by atoms with Crippen molar-refractivity contribution in [3.8, 4) is 0 Å². The third kappa shape index (κ3) is 54.9. The van der Waals surface area contributed by atoms with Crippen molar-refractivity contribution in [1.29, 1.82) is 0 Å². The molecule has 69 heavy (non-hydrogen) atoms. The highest BCUT2D eigenvalue weighted by Gasteiger charge is 2.19. The minimum Gasteiger partial charge on any atom is -0.462 e. The number of esters is 3. The average molecular weight is 958 g/mol. The van der Waals surface area contributed by atoms with E-state index in [1.807, 2.05) is 0 Å². The van der Waals surface area contributed by atoms with Gasteiger partial charge in [0.05, 0.1) is 0 Å². The maximum absolute atomic E-state index is 12.9. The second kappa shape index (κ2) is 56.7. The fourth-order valence-corrected chi connectivity index (χ4v) is 7.48. The van der Waals surface area contributed by atoms with E-state index in [2.05, 4.69) is 130 Å². The molecule has 0 fully saturated rings. The molecule has 0 spiro atoms. The molecule has 6 nitrogen and oxygen atoms in total. The van der Waals surface area contributed by atoms with Crippen molar-refractivity contribution in [2.75, 3.05) is 13.2 Å². The summed E-state index contributed by atoms with van der Waals surface area (Å²) < 4.78 is 16.8.